The monoisotopic (exact) mass is 1140 g/mol. The summed E-state index contributed by atoms with van der Waals surface area (Å²) >= 11 is 0. The number of benzene rings is 4. The Balaban J connectivity index is 0.000000926. The van der Waals surface area contributed by atoms with Gasteiger partial charge in [0.05, 0.1) is 22.7 Å². The third-order valence-electron chi connectivity index (χ3n) is 10.6. The number of hydrogen-bond donors (Lipinski definition) is 0. The van der Waals surface area contributed by atoms with E-state index < -0.39 is 0 Å². The van der Waals surface area contributed by atoms with Crippen molar-refractivity contribution in [1.82, 2.24) is 19.9 Å². The first-order valence-electron chi connectivity index (χ1n) is 23.1. The maximum absolute atomic E-state index is 4.38. The van der Waals surface area contributed by atoms with Crippen molar-refractivity contribution in [1.29, 1.82) is 0 Å². The van der Waals surface area contributed by atoms with Crippen molar-refractivity contribution in [2.75, 3.05) is 0 Å². The molecule has 0 N–H and O–H groups in total. The van der Waals surface area contributed by atoms with E-state index in [1.165, 1.54) is 22.3 Å². The van der Waals surface area contributed by atoms with Crippen molar-refractivity contribution in [3.05, 3.63) is 215 Å². The predicted octanol–water partition coefficient (Wildman–Crippen LogP) is 14.4. The van der Waals surface area contributed by atoms with E-state index in [0.717, 1.165) is 45.5 Å². The molecule has 0 aliphatic carbocycles. The summed E-state index contributed by atoms with van der Waals surface area (Å²) in [6.45, 7) is 26.5. The molecule has 0 spiro atoms. The molecule has 0 aliphatic heterocycles. The topological polar surface area (TPSA) is 191 Å². The fraction of sp³-hybridized carbons (Fsp3) is 0.267. The first-order valence-corrected chi connectivity index (χ1v) is 23.1. The minimum atomic E-state index is 0. The summed E-state index contributed by atoms with van der Waals surface area (Å²) in [7, 11) is 0. The SMILES string of the molecule is CC(C)(C)c1ccc(N=Cc2ccc[n-]2)cc1.CC(C)(C)c1ccc(N=Cc2ccc[n-]2)cc1.CC(C)(C)c1ccc(N=Cc2ccc[n-]2)cc1.CC(C)(C)c1ccc(N=Cc2ccc[n-]2)cc1.[Mo].[Mo].[O-2].[O-2].[O-2]. The van der Waals surface area contributed by atoms with Gasteiger partial charge in [-0.2, -0.15) is 24.8 Å². The molecule has 0 radical (unpaired) electrons. The Morgan fingerprint density at radius 2 is 0.438 bits per heavy atom. The van der Waals surface area contributed by atoms with E-state index in [9.17, 15) is 0 Å². The molecule has 13 heteroatoms. The zero-order chi connectivity index (χ0) is 49.2. The zero-order valence-electron chi connectivity index (χ0n) is 44.1. The molecule has 4 heterocycles. The van der Waals surface area contributed by atoms with Crippen LogP contribution in [0.25, 0.3) is 0 Å². The van der Waals surface area contributed by atoms with Gasteiger partial charge in [0.2, 0.25) is 0 Å². The van der Waals surface area contributed by atoms with Gasteiger partial charge in [0.15, 0.2) is 0 Å². The molecule has 0 saturated carbocycles. The summed E-state index contributed by atoms with van der Waals surface area (Å²) in [5, 5.41) is 0. The molecule has 0 atom stereocenters. The van der Waals surface area contributed by atoms with Gasteiger partial charge < -0.3 is 36.4 Å². The molecule has 0 bridgehead atoms. The first kappa shape index (κ1) is 66.9. The second-order valence-electron chi connectivity index (χ2n) is 20.5. The zero-order valence-corrected chi connectivity index (χ0v) is 48.1. The van der Waals surface area contributed by atoms with E-state index in [2.05, 4.69) is 172 Å². The van der Waals surface area contributed by atoms with Crippen LogP contribution in [0.4, 0.5) is 22.7 Å². The Morgan fingerprint density at radius 3 is 0.562 bits per heavy atom. The summed E-state index contributed by atoms with van der Waals surface area (Å²) in [6.07, 6.45) is 14.2. The normalized spacial score (nSPS) is 11.3. The first-order chi connectivity index (χ1) is 32.2. The molecular formula is C60H68Mo2N8O3-10. The van der Waals surface area contributed by atoms with E-state index in [-0.39, 0.29) is 80.2 Å². The van der Waals surface area contributed by atoms with Gasteiger partial charge in [-0.05, 0) is 92.4 Å². The number of aromatic nitrogens is 4. The van der Waals surface area contributed by atoms with Crippen molar-refractivity contribution in [3.63, 3.8) is 0 Å². The molecule has 73 heavy (non-hydrogen) atoms. The fourth-order valence-electron chi connectivity index (χ4n) is 6.31. The summed E-state index contributed by atoms with van der Waals surface area (Å²) in [6, 6.07) is 48.8. The average molecular weight is 1140 g/mol. The summed E-state index contributed by atoms with van der Waals surface area (Å²) in [5.41, 5.74) is 13.5. The van der Waals surface area contributed by atoms with E-state index in [1.54, 1.807) is 49.6 Å². The molecule has 0 amide bonds. The Hall–Kier alpha value is -6.06. The van der Waals surface area contributed by atoms with Crippen LogP contribution in [0.3, 0.4) is 0 Å². The van der Waals surface area contributed by atoms with Crippen LogP contribution in [0.15, 0.2) is 190 Å². The standard InChI is InChI=1S/4C15H17N2.2Mo.3O/c4*1-15(2,3)12-6-8-13(9-7-12)17-11-14-5-4-10-16-14;;;;;/h4*4-11H,1-3H3;;;;;/q4*-1;;;3*-2. The molecule has 11 nitrogen and oxygen atoms in total. The van der Waals surface area contributed by atoms with Gasteiger partial charge in [-0.25, -0.2) is 0 Å². The molecule has 0 fully saturated rings. The molecular weight excluding hydrogens is 1070 g/mol. The van der Waals surface area contributed by atoms with Gasteiger partial charge in [0.25, 0.3) is 0 Å². The van der Waals surface area contributed by atoms with Crippen molar-refractivity contribution < 1.29 is 58.6 Å². The smallest absolute Gasteiger partial charge is 0.0629 e. The van der Waals surface area contributed by atoms with Gasteiger partial charge >= 0.3 is 0 Å². The molecule has 0 saturated heterocycles. The molecule has 8 aromatic rings. The minimum absolute atomic E-state index is 0. The third-order valence-corrected chi connectivity index (χ3v) is 10.6. The molecule has 388 valence electrons. The Morgan fingerprint density at radius 1 is 0.274 bits per heavy atom. The maximum atomic E-state index is 4.38. The fourth-order valence-corrected chi connectivity index (χ4v) is 6.31. The quantitative estimate of drug-likeness (QED) is 0.108. The molecule has 4 aromatic carbocycles. The van der Waals surface area contributed by atoms with E-state index in [0.29, 0.717) is 0 Å². The van der Waals surface area contributed by atoms with Crippen molar-refractivity contribution in [3.8, 4) is 0 Å². The van der Waals surface area contributed by atoms with Crippen LogP contribution in [0, 0.1) is 0 Å². The van der Waals surface area contributed by atoms with Gasteiger partial charge in [-0.1, -0.05) is 180 Å². The van der Waals surface area contributed by atoms with E-state index >= 15 is 0 Å². The molecule has 8 rings (SSSR count). The summed E-state index contributed by atoms with van der Waals surface area (Å²) in [4.78, 5) is 34.1. The number of nitrogens with zero attached hydrogens (tertiary/aromatic N) is 8. The molecule has 0 unspecified atom stereocenters. The van der Waals surface area contributed by atoms with Crippen LogP contribution in [-0.4, -0.2) is 24.9 Å². The number of rotatable bonds is 8. The predicted molar refractivity (Wildman–Crippen MR) is 291 cm³/mol. The number of hydrogen-bond acceptors (Lipinski definition) is 4. The van der Waals surface area contributed by atoms with Crippen molar-refractivity contribution >= 4 is 47.6 Å². The van der Waals surface area contributed by atoms with Crippen LogP contribution >= 0.6 is 0 Å². The summed E-state index contributed by atoms with van der Waals surface area (Å²) in [5.74, 6) is 0. The van der Waals surface area contributed by atoms with Crippen LogP contribution in [0.2, 0.25) is 0 Å². The van der Waals surface area contributed by atoms with Crippen LogP contribution < -0.4 is 19.9 Å². The van der Waals surface area contributed by atoms with Gasteiger partial charge in [0.1, 0.15) is 0 Å². The van der Waals surface area contributed by atoms with Gasteiger partial charge in [-0.15, -0.1) is 22.8 Å². The number of aliphatic imine (C=N–C) groups is 4. The maximum Gasteiger partial charge on any atom is 0.0629 e. The average Bonchev–Trinajstić information content (AvgIpc) is 4.17. The molecule has 0 aliphatic rings. The van der Waals surface area contributed by atoms with E-state index in [4.69, 9.17) is 0 Å². The second-order valence-corrected chi connectivity index (χ2v) is 20.5. The van der Waals surface area contributed by atoms with Crippen LogP contribution in [0.5, 0.6) is 0 Å². The Bertz CT molecular complexity index is 2360. The Kier molecular flexibility index (Phi) is 28.9. The van der Waals surface area contributed by atoms with Crippen molar-refractivity contribution in [2.24, 2.45) is 20.0 Å². The van der Waals surface area contributed by atoms with Crippen LogP contribution in [0.1, 0.15) is 128 Å². The second kappa shape index (κ2) is 31.5. The van der Waals surface area contributed by atoms with Gasteiger partial charge in [0, 0.05) is 67.0 Å². The van der Waals surface area contributed by atoms with E-state index in [1.807, 2.05) is 97.1 Å². The van der Waals surface area contributed by atoms with Crippen LogP contribution in [-0.2, 0) is 80.2 Å². The molecule has 4 aromatic heterocycles. The van der Waals surface area contributed by atoms with Gasteiger partial charge in [-0.3, -0.25) is 20.0 Å². The Labute approximate surface area is 463 Å². The summed E-state index contributed by atoms with van der Waals surface area (Å²) < 4.78 is 0. The van der Waals surface area contributed by atoms with Crippen molar-refractivity contribution in [2.45, 2.75) is 105 Å². The minimum Gasteiger partial charge on any atom is -2.00 e. The third kappa shape index (κ3) is 24.0. The largest absolute Gasteiger partial charge is 2.00 e.